The van der Waals surface area contributed by atoms with Crippen molar-refractivity contribution in [2.45, 2.75) is 13.3 Å². The molecule has 6 nitrogen and oxygen atoms in total. The molecule has 6 heteroatoms. The summed E-state index contributed by atoms with van der Waals surface area (Å²) in [6, 6.07) is 3.26. The highest BCUT2D eigenvalue weighted by Crippen LogP contribution is 2.39. The van der Waals surface area contributed by atoms with Crippen molar-refractivity contribution < 1.29 is 28.6 Å². The molecule has 1 unspecified atom stereocenters. The first-order chi connectivity index (χ1) is 9.61. The van der Waals surface area contributed by atoms with E-state index in [-0.39, 0.29) is 25.6 Å². The molecule has 1 heterocycles. The van der Waals surface area contributed by atoms with E-state index in [1.54, 1.807) is 19.1 Å². The van der Waals surface area contributed by atoms with Gasteiger partial charge in [0.1, 0.15) is 0 Å². The first-order valence-corrected chi connectivity index (χ1v) is 6.29. The second kappa shape index (κ2) is 4.63. The van der Waals surface area contributed by atoms with Crippen molar-refractivity contribution in [3.8, 4) is 11.5 Å². The van der Waals surface area contributed by atoms with Crippen molar-refractivity contribution in [1.82, 2.24) is 0 Å². The third kappa shape index (κ3) is 1.84. The second-order valence-corrected chi connectivity index (χ2v) is 4.57. The molecular formula is C14H12O6. The second-order valence-electron chi connectivity index (χ2n) is 4.57. The number of carbonyl (C=O) groups excluding carboxylic acids is 3. The molecule has 0 bridgehead atoms. The van der Waals surface area contributed by atoms with Gasteiger partial charge in [-0.05, 0) is 31.0 Å². The molecule has 0 N–H and O–H groups in total. The van der Waals surface area contributed by atoms with E-state index in [4.69, 9.17) is 9.47 Å². The molecule has 1 aromatic rings. The van der Waals surface area contributed by atoms with E-state index in [2.05, 4.69) is 4.74 Å². The maximum Gasteiger partial charge on any atom is 0.375 e. The normalized spacial score (nSPS) is 18.9. The largest absolute Gasteiger partial charge is 0.460 e. The maximum atomic E-state index is 12.2. The summed E-state index contributed by atoms with van der Waals surface area (Å²) in [6.45, 7) is 1.83. The van der Waals surface area contributed by atoms with Gasteiger partial charge in [-0.15, -0.1) is 0 Å². The van der Waals surface area contributed by atoms with Crippen LogP contribution in [0.2, 0.25) is 0 Å². The van der Waals surface area contributed by atoms with Gasteiger partial charge in [0.15, 0.2) is 17.3 Å². The van der Waals surface area contributed by atoms with Crippen molar-refractivity contribution in [2.75, 3.05) is 13.4 Å². The van der Waals surface area contributed by atoms with Crippen LogP contribution in [0.1, 0.15) is 22.8 Å². The number of rotatable bonds is 3. The minimum Gasteiger partial charge on any atom is -0.460 e. The summed E-state index contributed by atoms with van der Waals surface area (Å²) in [5.74, 6) is -2.07. The molecule has 104 valence electrons. The minimum absolute atomic E-state index is 0.106. The molecule has 20 heavy (non-hydrogen) atoms. The first-order valence-electron chi connectivity index (χ1n) is 6.29. The minimum atomic E-state index is -0.994. The van der Waals surface area contributed by atoms with E-state index >= 15 is 0 Å². The summed E-state index contributed by atoms with van der Waals surface area (Å²) in [5, 5.41) is 0. The van der Waals surface area contributed by atoms with Crippen molar-refractivity contribution in [1.29, 1.82) is 0 Å². The van der Waals surface area contributed by atoms with Gasteiger partial charge in [-0.1, -0.05) is 0 Å². The predicted molar refractivity (Wildman–Crippen MR) is 65.7 cm³/mol. The third-order valence-corrected chi connectivity index (χ3v) is 3.40. The molecule has 1 aliphatic heterocycles. The lowest BCUT2D eigenvalue weighted by atomic mass is 10.00. The van der Waals surface area contributed by atoms with Gasteiger partial charge < -0.3 is 14.2 Å². The fourth-order valence-electron chi connectivity index (χ4n) is 2.44. The molecule has 0 spiro atoms. The fraction of sp³-hybridized carbons (Fsp3) is 0.357. The Kier molecular flexibility index (Phi) is 2.93. The zero-order valence-corrected chi connectivity index (χ0v) is 10.8. The summed E-state index contributed by atoms with van der Waals surface area (Å²) >= 11 is 0. The SMILES string of the molecule is CCOC(=O)C(=O)C1Cc2cc3c(cc2C1=O)OCO3. The molecule has 1 aromatic carbocycles. The highest BCUT2D eigenvalue weighted by molar-refractivity contribution is 6.40. The molecule has 0 saturated carbocycles. The molecule has 1 atom stereocenters. The summed E-state index contributed by atoms with van der Waals surface area (Å²) in [5.41, 5.74) is 1.11. The molecule has 1 aliphatic carbocycles. The quantitative estimate of drug-likeness (QED) is 0.463. The molecule has 0 saturated heterocycles. The number of ketones is 2. The molecule has 0 fully saturated rings. The third-order valence-electron chi connectivity index (χ3n) is 3.40. The van der Waals surface area contributed by atoms with Crippen molar-refractivity contribution in [3.05, 3.63) is 23.3 Å². The lowest BCUT2D eigenvalue weighted by Crippen LogP contribution is -2.29. The van der Waals surface area contributed by atoms with E-state index in [0.717, 1.165) is 0 Å². The van der Waals surface area contributed by atoms with E-state index in [1.165, 1.54) is 0 Å². The van der Waals surface area contributed by atoms with Crippen molar-refractivity contribution >= 4 is 17.5 Å². The predicted octanol–water partition coefficient (Wildman–Crippen LogP) is 0.902. The fourth-order valence-corrected chi connectivity index (χ4v) is 2.44. The topological polar surface area (TPSA) is 78.9 Å². The van der Waals surface area contributed by atoms with Crippen LogP contribution in [0.15, 0.2) is 12.1 Å². The van der Waals surface area contributed by atoms with Gasteiger partial charge in [-0.25, -0.2) is 4.79 Å². The number of benzene rings is 1. The van der Waals surface area contributed by atoms with Crippen LogP contribution in [0.5, 0.6) is 11.5 Å². The molecule has 0 amide bonds. The van der Waals surface area contributed by atoms with Gasteiger partial charge in [0.25, 0.3) is 5.78 Å². The number of ether oxygens (including phenoxy) is 3. The van der Waals surface area contributed by atoms with Gasteiger partial charge in [-0.2, -0.15) is 0 Å². The zero-order chi connectivity index (χ0) is 14.3. The lowest BCUT2D eigenvalue weighted by Gasteiger charge is -2.05. The van der Waals surface area contributed by atoms with E-state index < -0.39 is 17.7 Å². The summed E-state index contributed by atoms with van der Waals surface area (Å²) < 4.78 is 15.1. The molecule has 0 aromatic heterocycles. The van der Waals surface area contributed by atoms with Crippen molar-refractivity contribution in [3.63, 3.8) is 0 Å². The van der Waals surface area contributed by atoms with E-state index in [0.29, 0.717) is 22.6 Å². The lowest BCUT2D eigenvalue weighted by molar-refractivity contribution is -0.154. The monoisotopic (exact) mass is 276 g/mol. The van der Waals surface area contributed by atoms with E-state index in [1.807, 2.05) is 0 Å². The smallest absolute Gasteiger partial charge is 0.375 e. The Morgan fingerprint density at radius 2 is 2.00 bits per heavy atom. The number of hydrogen-bond acceptors (Lipinski definition) is 6. The van der Waals surface area contributed by atoms with Gasteiger partial charge >= 0.3 is 5.97 Å². The van der Waals surface area contributed by atoms with Gasteiger partial charge in [0.2, 0.25) is 6.79 Å². The number of fused-ring (bicyclic) bond motifs is 2. The maximum absolute atomic E-state index is 12.2. The number of hydrogen-bond donors (Lipinski definition) is 0. The summed E-state index contributed by atoms with van der Waals surface area (Å²) in [7, 11) is 0. The number of carbonyl (C=O) groups is 3. The standard InChI is InChI=1S/C14H12O6/c1-2-18-14(17)13(16)9-3-7-4-10-11(20-6-19-10)5-8(7)12(9)15/h4-5,9H,2-3,6H2,1H3. The summed E-state index contributed by atoms with van der Waals surface area (Å²) in [4.78, 5) is 35.6. The number of esters is 1. The van der Waals surface area contributed by atoms with Crippen LogP contribution < -0.4 is 9.47 Å². The molecule has 2 aliphatic rings. The van der Waals surface area contributed by atoms with Crippen molar-refractivity contribution in [2.24, 2.45) is 5.92 Å². The van der Waals surface area contributed by atoms with Crippen LogP contribution in [-0.2, 0) is 20.7 Å². The Hall–Kier alpha value is -2.37. The van der Waals surface area contributed by atoms with Gasteiger partial charge in [0, 0.05) is 5.56 Å². The van der Waals surface area contributed by atoms with Crippen LogP contribution in [-0.4, -0.2) is 30.9 Å². The van der Waals surface area contributed by atoms with Gasteiger partial charge in [-0.3, -0.25) is 9.59 Å². The zero-order valence-electron chi connectivity index (χ0n) is 10.8. The highest BCUT2D eigenvalue weighted by atomic mass is 16.7. The van der Waals surface area contributed by atoms with Gasteiger partial charge in [0.05, 0.1) is 12.5 Å². The van der Waals surface area contributed by atoms with Crippen LogP contribution in [0.3, 0.4) is 0 Å². The Bertz CT molecular complexity index is 618. The molecular weight excluding hydrogens is 264 g/mol. The average Bonchev–Trinajstić information content (AvgIpc) is 3.01. The van der Waals surface area contributed by atoms with Crippen LogP contribution in [0, 0.1) is 5.92 Å². The Morgan fingerprint density at radius 3 is 2.70 bits per heavy atom. The van der Waals surface area contributed by atoms with Crippen LogP contribution in [0.25, 0.3) is 0 Å². The Labute approximate surface area is 114 Å². The average molecular weight is 276 g/mol. The first kappa shape index (κ1) is 12.7. The molecule has 0 radical (unpaired) electrons. The Morgan fingerprint density at radius 1 is 1.30 bits per heavy atom. The van der Waals surface area contributed by atoms with Crippen LogP contribution in [0.4, 0.5) is 0 Å². The summed E-state index contributed by atoms with van der Waals surface area (Å²) in [6.07, 6.45) is 0.197. The molecule has 3 rings (SSSR count). The van der Waals surface area contributed by atoms with E-state index in [9.17, 15) is 14.4 Å². The Balaban J connectivity index is 1.88. The van der Waals surface area contributed by atoms with Crippen LogP contribution >= 0.6 is 0 Å². The highest BCUT2D eigenvalue weighted by Gasteiger charge is 2.40. The number of Topliss-reactive ketones (excluding diaryl/α,β-unsaturated/α-hetero) is 2.